The lowest BCUT2D eigenvalue weighted by atomic mass is 10.2. The second-order valence-corrected chi connectivity index (χ2v) is 4.31. The second kappa shape index (κ2) is 7.39. The molecule has 0 bridgehead atoms. The molecule has 8 heteroatoms. The molecule has 0 radical (unpaired) electrons. The highest BCUT2D eigenvalue weighted by Crippen LogP contribution is 2.19. The first-order valence-electron chi connectivity index (χ1n) is 6.01. The zero-order valence-corrected chi connectivity index (χ0v) is 11.4. The van der Waals surface area contributed by atoms with Gasteiger partial charge < -0.3 is 15.5 Å². The molecule has 0 saturated heterocycles. The Morgan fingerprint density at radius 3 is 2.70 bits per heavy atom. The van der Waals surface area contributed by atoms with Crippen molar-refractivity contribution in [3.63, 3.8) is 0 Å². The van der Waals surface area contributed by atoms with E-state index in [0.29, 0.717) is 13.1 Å². The van der Waals surface area contributed by atoms with Crippen LogP contribution in [-0.2, 0) is 6.54 Å². The van der Waals surface area contributed by atoms with Crippen LogP contribution in [0, 0.1) is 15.9 Å². The molecule has 1 aromatic carbocycles. The zero-order chi connectivity index (χ0) is 15.1. The molecule has 0 unspecified atom stereocenters. The number of nitro benzene ring substituents is 1. The van der Waals surface area contributed by atoms with Crippen molar-refractivity contribution in [3.8, 4) is 0 Å². The average molecular weight is 284 g/mol. The van der Waals surface area contributed by atoms with E-state index >= 15 is 0 Å². The smallest absolute Gasteiger partial charge is 0.316 e. The fourth-order valence-electron chi connectivity index (χ4n) is 1.48. The number of urea groups is 1. The topological polar surface area (TPSA) is 87.5 Å². The van der Waals surface area contributed by atoms with Crippen molar-refractivity contribution < 1.29 is 14.1 Å². The number of hydrogen-bond acceptors (Lipinski definition) is 4. The number of hydrogen-bond donors (Lipinski definition) is 2. The maximum absolute atomic E-state index is 13.7. The van der Waals surface area contributed by atoms with Crippen molar-refractivity contribution in [1.29, 1.82) is 0 Å². The molecular formula is C12H17FN4O3. The molecule has 0 spiro atoms. The van der Waals surface area contributed by atoms with Crippen LogP contribution < -0.4 is 10.6 Å². The Balaban J connectivity index is 2.41. The highest BCUT2D eigenvalue weighted by Gasteiger charge is 2.16. The summed E-state index contributed by atoms with van der Waals surface area (Å²) in [6, 6.07) is 3.82. The number of rotatable bonds is 6. The van der Waals surface area contributed by atoms with Crippen LogP contribution in [0.25, 0.3) is 0 Å². The van der Waals surface area contributed by atoms with Crippen molar-refractivity contribution in [3.05, 3.63) is 39.7 Å². The third-order valence-electron chi connectivity index (χ3n) is 2.55. The summed E-state index contributed by atoms with van der Waals surface area (Å²) in [4.78, 5) is 22.4. The molecule has 1 aromatic rings. The van der Waals surface area contributed by atoms with Gasteiger partial charge in [0.2, 0.25) is 5.82 Å². The van der Waals surface area contributed by atoms with Crippen LogP contribution >= 0.6 is 0 Å². The predicted molar refractivity (Wildman–Crippen MR) is 71.8 cm³/mol. The van der Waals surface area contributed by atoms with Crippen LogP contribution in [0.5, 0.6) is 0 Å². The molecule has 0 atom stereocenters. The lowest BCUT2D eigenvalue weighted by molar-refractivity contribution is -0.387. The van der Waals surface area contributed by atoms with Gasteiger partial charge in [0, 0.05) is 45.4 Å². The summed E-state index contributed by atoms with van der Waals surface area (Å²) >= 11 is 0. The molecule has 7 nitrogen and oxygen atoms in total. The van der Waals surface area contributed by atoms with Crippen LogP contribution in [0.1, 0.15) is 5.56 Å². The molecular weight excluding hydrogens is 267 g/mol. The van der Waals surface area contributed by atoms with Gasteiger partial charge in [-0.25, -0.2) is 4.79 Å². The number of carbonyl (C=O) groups excluding carboxylic acids is 1. The normalized spacial score (nSPS) is 10.2. The van der Waals surface area contributed by atoms with Crippen LogP contribution in [0.15, 0.2) is 18.2 Å². The van der Waals surface area contributed by atoms with Gasteiger partial charge in [-0.05, 0) is 0 Å². The average Bonchev–Trinajstić information content (AvgIpc) is 2.39. The number of benzene rings is 1. The molecule has 0 aliphatic carbocycles. The van der Waals surface area contributed by atoms with Crippen LogP contribution in [0.3, 0.4) is 0 Å². The number of nitrogens with one attached hydrogen (secondary N) is 2. The lowest BCUT2D eigenvalue weighted by Gasteiger charge is -2.12. The zero-order valence-electron chi connectivity index (χ0n) is 11.4. The summed E-state index contributed by atoms with van der Waals surface area (Å²) < 4.78 is 13.7. The van der Waals surface area contributed by atoms with Gasteiger partial charge in [-0.1, -0.05) is 12.1 Å². The van der Waals surface area contributed by atoms with E-state index in [0.717, 1.165) is 6.07 Å². The minimum atomic E-state index is -0.831. The monoisotopic (exact) mass is 284 g/mol. The van der Waals surface area contributed by atoms with Gasteiger partial charge in [-0.2, -0.15) is 4.39 Å². The Labute approximate surface area is 115 Å². The van der Waals surface area contributed by atoms with Gasteiger partial charge in [0.15, 0.2) is 0 Å². The Hall–Kier alpha value is -2.22. The molecule has 2 amide bonds. The second-order valence-electron chi connectivity index (χ2n) is 4.31. The van der Waals surface area contributed by atoms with Crippen LogP contribution in [-0.4, -0.2) is 43.0 Å². The van der Waals surface area contributed by atoms with E-state index < -0.39 is 16.4 Å². The molecule has 0 aliphatic heterocycles. The van der Waals surface area contributed by atoms with Gasteiger partial charge in [0.25, 0.3) is 0 Å². The van der Waals surface area contributed by atoms with Gasteiger partial charge >= 0.3 is 11.7 Å². The van der Waals surface area contributed by atoms with Crippen LogP contribution in [0.4, 0.5) is 14.9 Å². The molecule has 110 valence electrons. The minimum absolute atomic E-state index is 0.158. The highest BCUT2D eigenvalue weighted by molar-refractivity contribution is 5.73. The highest BCUT2D eigenvalue weighted by atomic mass is 19.1. The molecule has 0 aliphatic rings. The fraction of sp³-hybridized carbons (Fsp3) is 0.417. The van der Waals surface area contributed by atoms with E-state index in [4.69, 9.17) is 0 Å². The first-order valence-corrected chi connectivity index (χ1v) is 6.01. The summed E-state index contributed by atoms with van der Waals surface area (Å²) in [5, 5.41) is 16.1. The van der Waals surface area contributed by atoms with Crippen molar-refractivity contribution in [2.45, 2.75) is 6.54 Å². The van der Waals surface area contributed by atoms with E-state index in [9.17, 15) is 19.3 Å². The molecule has 20 heavy (non-hydrogen) atoms. The molecule has 1 rings (SSSR count). The van der Waals surface area contributed by atoms with Crippen molar-refractivity contribution in [1.82, 2.24) is 15.5 Å². The number of halogens is 1. The number of amides is 2. The standard InChI is InChI=1S/C12H17FN4O3/c1-16(2)12(18)15-7-6-14-8-9-4-3-5-10(11(9)13)17(19)20/h3-5,14H,6-8H2,1-2H3,(H,15,18). The third-order valence-corrected chi connectivity index (χ3v) is 2.55. The number of nitrogens with zero attached hydrogens (tertiary/aromatic N) is 2. The molecule has 2 N–H and O–H groups in total. The largest absolute Gasteiger partial charge is 0.337 e. The minimum Gasteiger partial charge on any atom is -0.337 e. The van der Waals surface area contributed by atoms with E-state index in [1.807, 2.05) is 0 Å². The fourth-order valence-corrected chi connectivity index (χ4v) is 1.48. The summed E-state index contributed by atoms with van der Waals surface area (Å²) in [6.45, 7) is 0.973. The van der Waals surface area contributed by atoms with Gasteiger partial charge in [-0.3, -0.25) is 10.1 Å². The Morgan fingerprint density at radius 2 is 2.10 bits per heavy atom. The van der Waals surface area contributed by atoms with E-state index in [-0.39, 0.29) is 18.1 Å². The molecule has 0 fully saturated rings. The van der Waals surface area contributed by atoms with Crippen molar-refractivity contribution >= 4 is 11.7 Å². The van der Waals surface area contributed by atoms with Gasteiger partial charge in [0.05, 0.1) is 4.92 Å². The van der Waals surface area contributed by atoms with Crippen LogP contribution in [0.2, 0.25) is 0 Å². The number of nitro groups is 1. The number of carbonyl (C=O) groups is 1. The summed E-state index contributed by atoms with van der Waals surface area (Å²) in [7, 11) is 3.25. The Morgan fingerprint density at radius 1 is 1.40 bits per heavy atom. The van der Waals surface area contributed by atoms with Crippen molar-refractivity contribution in [2.24, 2.45) is 0 Å². The van der Waals surface area contributed by atoms with Gasteiger partial charge in [-0.15, -0.1) is 0 Å². The third kappa shape index (κ3) is 4.47. The maximum Gasteiger partial charge on any atom is 0.316 e. The maximum atomic E-state index is 13.7. The van der Waals surface area contributed by atoms with E-state index in [2.05, 4.69) is 10.6 Å². The first kappa shape index (κ1) is 15.8. The SMILES string of the molecule is CN(C)C(=O)NCCNCc1cccc([N+](=O)[O-])c1F. The molecule has 0 heterocycles. The first-order chi connectivity index (χ1) is 9.43. The summed E-state index contributed by atoms with van der Waals surface area (Å²) in [6.07, 6.45) is 0. The summed E-state index contributed by atoms with van der Waals surface area (Å²) in [5.41, 5.74) is -0.316. The van der Waals surface area contributed by atoms with E-state index in [1.54, 1.807) is 14.1 Å². The Bertz CT molecular complexity index is 494. The van der Waals surface area contributed by atoms with Gasteiger partial charge in [0.1, 0.15) is 0 Å². The Kier molecular flexibility index (Phi) is 5.85. The molecule has 0 aromatic heterocycles. The summed E-state index contributed by atoms with van der Waals surface area (Å²) in [5.74, 6) is -0.831. The predicted octanol–water partition coefficient (Wildman–Crippen LogP) is 1.09. The van der Waals surface area contributed by atoms with Crippen molar-refractivity contribution in [2.75, 3.05) is 27.2 Å². The van der Waals surface area contributed by atoms with E-state index in [1.165, 1.54) is 17.0 Å². The lowest BCUT2D eigenvalue weighted by Crippen LogP contribution is -2.38. The quantitative estimate of drug-likeness (QED) is 0.465. The molecule has 0 saturated carbocycles.